The zero-order valence-corrected chi connectivity index (χ0v) is 12.8. The van der Waals surface area contributed by atoms with Crippen LogP contribution >= 0.6 is 0 Å². The molecule has 5 nitrogen and oxygen atoms in total. The highest BCUT2D eigenvalue weighted by atomic mass is 16.5. The lowest BCUT2D eigenvalue weighted by Crippen LogP contribution is -2.33. The van der Waals surface area contributed by atoms with Crippen molar-refractivity contribution >= 4 is 0 Å². The van der Waals surface area contributed by atoms with E-state index in [1.807, 2.05) is 0 Å². The van der Waals surface area contributed by atoms with E-state index >= 15 is 0 Å². The molecule has 2 aliphatic heterocycles. The highest BCUT2D eigenvalue weighted by Crippen LogP contribution is 2.42. The van der Waals surface area contributed by atoms with Gasteiger partial charge in [-0.3, -0.25) is 0 Å². The second kappa shape index (κ2) is 5.36. The second-order valence-corrected chi connectivity index (χ2v) is 6.83. The van der Waals surface area contributed by atoms with Crippen LogP contribution in [0.1, 0.15) is 75.9 Å². The van der Waals surface area contributed by atoms with Crippen molar-refractivity contribution in [3.63, 3.8) is 0 Å². The molecular weight excluding hydrogens is 266 g/mol. The van der Waals surface area contributed by atoms with Crippen molar-refractivity contribution in [1.29, 1.82) is 0 Å². The minimum absolute atomic E-state index is 0.292. The lowest BCUT2D eigenvalue weighted by atomic mass is 9.84. The van der Waals surface area contributed by atoms with Crippen LogP contribution in [0.2, 0.25) is 0 Å². The molecule has 4 rings (SSSR count). The Morgan fingerprint density at radius 3 is 2.81 bits per heavy atom. The van der Waals surface area contributed by atoms with Crippen molar-refractivity contribution in [1.82, 2.24) is 15.5 Å². The van der Waals surface area contributed by atoms with Crippen LogP contribution in [0.25, 0.3) is 0 Å². The Kier molecular flexibility index (Phi) is 3.50. The Morgan fingerprint density at radius 1 is 1.29 bits per heavy atom. The maximum absolute atomic E-state index is 6.09. The van der Waals surface area contributed by atoms with Crippen molar-refractivity contribution in [2.75, 3.05) is 6.61 Å². The Morgan fingerprint density at radius 2 is 2.14 bits per heavy atom. The Bertz CT molecular complexity index is 490. The van der Waals surface area contributed by atoms with E-state index in [4.69, 9.17) is 14.2 Å². The van der Waals surface area contributed by atoms with Gasteiger partial charge in [0.25, 0.3) is 0 Å². The molecule has 0 aromatic carbocycles. The van der Waals surface area contributed by atoms with E-state index in [1.165, 1.54) is 32.1 Å². The summed E-state index contributed by atoms with van der Waals surface area (Å²) in [5.41, 5.74) is -0.292. The van der Waals surface area contributed by atoms with E-state index in [9.17, 15) is 0 Å². The maximum atomic E-state index is 6.09. The predicted octanol–water partition coefficient (Wildman–Crippen LogP) is 2.87. The maximum Gasteiger partial charge on any atom is 0.231 e. The summed E-state index contributed by atoms with van der Waals surface area (Å²) in [5, 5.41) is 7.96. The smallest absolute Gasteiger partial charge is 0.231 e. The summed E-state index contributed by atoms with van der Waals surface area (Å²) in [5.74, 6) is 2.03. The van der Waals surface area contributed by atoms with Crippen LogP contribution in [0.5, 0.6) is 0 Å². The minimum Gasteiger partial charge on any atom is -0.367 e. The molecule has 3 aliphatic rings. The molecule has 3 heterocycles. The number of nitrogens with one attached hydrogen (secondary N) is 1. The summed E-state index contributed by atoms with van der Waals surface area (Å²) in [6, 6.07) is 1.20. The fourth-order valence-electron chi connectivity index (χ4n) is 4.50. The number of aromatic nitrogens is 2. The van der Waals surface area contributed by atoms with Crippen LogP contribution in [0.3, 0.4) is 0 Å². The topological polar surface area (TPSA) is 60.2 Å². The van der Waals surface area contributed by atoms with Gasteiger partial charge in [0.2, 0.25) is 11.7 Å². The van der Waals surface area contributed by atoms with Gasteiger partial charge in [-0.05, 0) is 39.0 Å². The average molecular weight is 291 g/mol. The molecule has 1 N–H and O–H groups in total. The summed E-state index contributed by atoms with van der Waals surface area (Å²) < 4.78 is 11.7. The summed E-state index contributed by atoms with van der Waals surface area (Å²) in [4.78, 5) is 4.78. The molecular formula is C16H25N3O2. The molecule has 0 amide bonds. The number of ether oxygens (including phenoxy) is 1. The zero-order valence-electron chi connectivity index (χ0n) is 12.8. The van der Waals surface area contributed by atoms with E-state index in [2.05, 4.69) is 17.4 Å². The molecule has 1 aromatic heterocycles. The van der Waals surface area contributed by atoms with E-state index in [0.717, 1.165) is 31.0 Å². The van der Waals surface area contributed by atoms with Gasteiger partial charge in [0, 0.05) is 18.7 Å². The van der Waals surface area contributed by atoms with Gasteiger partial charge < -0.3 is 14.6 Å². The molecule has 3 fully saturated rings. The first-order valence-corrected chi connectivity index (χ1v) is 8.55. The molecule has 1 saturated carbocycles. The molecule has 21 heavy (non-hydrogen) atoms. The number of rotatable bonds is 4. The largest absolute Gasteiger partial charge is 0.367 e. The third kappa shape index (κ3) is 2.30. The van der Waals surface area contributed by atoms with Gasteiger partial charge in [-0.25, -0.2) is 0 Å². The van der Waals surface area contributed by atoms with Gasteiger partial charge >= 0.3 is 0 Å². The van der Waals surface area contributed by atoms with Gasteiger partial charge in [-0.15, -0.1) is 0 Å². The number of fused-ring (bicyclic) bond motifs is 2. The van der Waals surface area contributed by atoms with Crippen LogP contribution in [0, 0.1) is 0 Å². The minimum atomic E-state index is -0.292. The Labute approximate surface area is 125 Å². The van der Waals surface area contributed by atoms with Gasteiger partial charge in [0.15, 0.2) is 0 Å². The third-order valence-electron chi connectivity index (χ3n) is 5.55. The quantitative estimate of drug-likeness (QED) is 0.924. The standard InChI is InChI=1S/C16H25N3O2/c1-2-20-16(8-4-3-5-9-16)15-18-14(21-19-15)12-10-11-6-7-13(12)17-11/h11-13,17H,2-10H2,1H3. The van der Waals surface area contributed by atoms with E-state index < -0.39 is 0 Å². The monoisotopic (exact) mass is 291 g/mol. The number of hydrogen-bond donors (Lipinski definition) is 1. The highest BCUT2D eigenvalue weighted by molar-refractivity contribution is 5.12. The summed E-state index contributed by atoms with van der Waals surface area (Å²) >= 11 is 0. The van der Waals surface area contributed by atoms with Crippen LogP contribution in [0.15, 0.2) is 4.52 Å². The van der Waals surface area contributed by atoms with Crippen molar-refractivity contribution in [3.8, 4) is 0 Å². The predicted molar refractivity (Wildman–Crippen MR) is 78.0 cm³/mol. The molecule has 116 valence electrons. The van der Waals surface area contributed by atoms with Crippen LogP contribution in [0.4, 0.5) is 0 Å². The molecule has 3 atom stereocenters. The van der Waals surface area contributed by atoms with Crippen molar-refractivity contribution in [3.05, 3.63) is 11.7 Å². The van der Waals surface area contributed by atoms with E-state index in [0.29, 0.717) is 24.6 Å². The Balaban J connectivity index is 1.57. The number of hydrogen-bond acceptors (Lipinski definition) is 5. The van der Waals surface area contributed by atoms with Gasteiger partial charge in [-0.2, -0.15) is 4.98 Å². The van der Waals surface area contributed by atoms with Gasteiger partial charge in [0.05, 0.1) is 5.92 Å². The summed E-state index contributed by atoms with van der Waals surface area (Å²) in [7, 11) is 0. The molecule has 2 saturated heterocycles. The molecule has 1 aromatic rings. The van der Waals surface area contributed by atoms with Crippen LogP contribution < -0.4 is 5.32 Å². The summed E-state index contributed by atoms with van der Waals surface area (Å²) in [6.45, 7) is 2.76. The van der Waals surface area contributed by atoms with Crippen molar-refractivity contribution < 1.29 is 9.26 Å². The third-order valence-corrected chi connectivity index (χ3v) is 5.55. The zero-order chi connectivity index (χ0) is 14.3. The van der Waals surface area contributed by atoms with Crippen LogP contribution in [-0.4, -0.2) is 28.8 Å². The summed E-state index contributed by atoms with van der Waals surface area (Å²) in [6.07, 6.45) is 9.40. The van der Waals surface area contributed by atoms with Gasteiger partial charge in [0.1, 0.15) is 5.60 Å². The molecule has 0 spiro atoms. The first-order valence-electron chi connectivity index (χ1n) is 8.55. The fourth-order valence-corrected chi connectivity index (χ4v) is 4.50. The first-order chi connectivity index (χ1) is 10.3. The second-order valence-electron chi connectivity index (χ2n) is 6.83. The van der Waals surface area contributed by atoms with Gasteiger partial charge in [-0.1, -0.05) is 24.4 Å². The lowest BCUT2D eigenvalue weighted by Gasteiger charge is -2.33. The van der Waals surface area contributed by atoms with Crippen molar-refractivity contribution in [2.45, 2.75) is 81.9 Å². The molecule has 2 bridgehead atoms. The fraction of sp³-hybridized carbons (Fsp3) is 0.875. The molecule has 0 radical (unpaired) electrons. The lowest BCUT2D eigenvalue weighted by molar-refractivity contribution is -0.0777. The molecule has 1 aliphatic carbocycles. The first kappa shape index (κ1) is 13.7. The normalized spacial score (nSPS) is 34.4. The average Bonchev–Trinajstić information content (AvgIpc) is 3.24. The van der Waals surface area contributed by atoms with E-state index in [1.54, 1.807) is 0 Å². The van der Waals surface area contributed by atoms with Crippen LogP contribution in [-0.2, 0) is 10.3 Å². The van der Waals surface area contributed by atoms with E-state index in [-0.39, 0.29) is 5.60 Å². The molecule has 3 unspecified atom stereocenters. The SMILES string of the molecule is CCOC1(c2noc(C3CC4CCC3N4)n2)CCCCC1. The Hall–Kier alpha value is -0.940. The highest BCUT2D eigenvalue weighted by Gasteiger charge is 2.44. The molecule has 5 heteroatoms. The number of nitrogens with zero attached hydrogens (tertiary/aromatic N) is 2. The van der Waals surface area contributed by atoms with Crippen molar-refractivity contribution in [2.24, 2.45) is 0 Å².